The fraction of sp³-hybridized carbons (Fsp3) is 0.235. The van der Waals surface area contributed by atoms with E-state index in [1.165, 1.54) is 56.6 Å². The standard InChI is InChI=1S/C17H17F2NO6S/c1-20-27(22,23)13-6-4-12(5-7-13)16(21)25-10-11-3-8-14(26-17(18)19)15(9-11)24-2/h3-9,17,20H,10H2,1-2H3. The van der Waals surface area contributed by atoms with E-state index < -0.39 is 22.6 Å². The molecule has 0 atom stereocenters. The van der Waals surface area contributed by atoms with Crippen LogP contribution in [0.4, 0.5) is 8.78 Å². The number of carbonyl (C=O) groups excluding carboxylic acids is 1. The van der Waals surface area contributed by atoms with Crippen LogP contribution in [0.1, 0.15) is 15.9 Å². The molecule has 2 rings (SSSR count). The van der Waals surface area contributed by atoms with Gasteiger partial charge in [-0.3, -0.25) is 0 Å². The number of halogens is 2. The number of nitrogens with one attached hydrogen (secondary N) is 1. The minimum absolute atomic E-state index is 0.0147. The third kappa shape index (κ3) is 5.38. The number of esters is 1. The summed E-state index contributed by atoms with van der Waals surface area (Å²) in [5, 5.41) is 0. The third-order valence-corrected chi connectivity index (χ3v) is 4.91. The first-order valence-corrected chi connectivity index (χ1v) is 9.07. The van der Waals surface area contributed by atoms with Crippen molar-refractivity contribution in [3.8, 4) is 11.5 Å². The number of hydrogen-bond donors (Lipinski definition) is 1. The average Bonchev–Trinajstić information content (AvgIpc) is 2.66. The summed E-state index contributed by atoms with van der Waals surface area (Å²) in [6.07, 6.45) is 0. The number of sulfonamides is 1. The Balaban J connectivity index is 2.05. The zero-order chi connectivity index (χ0) is 20.0. The van der Waals surface area contributed by atoms with Crippen LogP contribution >= 0.6 is 0 Å². The van der Waals surface area contributed by atoms with Crippen LogP contribution in [0.2, 0.25) is 0 Å². The molecule has 0 heterocycles. The molecular formula is C17H17F2NO6S. The fourth-order valence-corrected chi connectivity index (χ4v) is 2.85. The van der Waals surface area contributed by atoms with Crippen LogP contribution in [0, 0.1) is 0 Å². The van der Waals surface area contributed by atoms with E-state index in [2.05, 4.69) is 9.46 Å². The Hall–Kier alpha value is -2.72. The summed E-state index contributed by atoms with van der Waals surface area (Å²) < 4.78 is 64.5. The quantitative estimate of drug-likeness (QED) is 0.684. The van der Waals surface area contributed by atoms with Gasteiger partial charge in [0.25, 0.3) is 0 Å². The molecule has 1 N–H and O–H groups in total. The number of alkyl halides is 2. The molecule has 0 radical (unpaired) electrons. The van der Waals surface area contributed by atoms with Crippen molar-refractivity contribution in [1.82, 2.24) is 4.72 Å². The summed E-state index contributed by atoms with van der Waals surface area (Å²) in [5.41, 5.74) is 0.658. The van der Waals surface area contributed by atoms with E-state index >= 15 is 0 Å². The summed E-state index contributed by atoms with van der Waals surface area (Å²) >= 11 is 0. The Morgan fingerprint density at radius 3 is 2.33 bits per heavy atom. The molecule has 0 saturated carbocycles. The van der Waals surface area contributed by atoms with Crippen molar-refractivity contribution < 1.29 is 36.2 Å². The molecule has 0 unspecified atom stereocenters. The van der Waals surface area contributed by atoms with Crippen LogP contribution in [0.5, 0.6) is 11.5 Å². The van der Waals surface area contributed by atoms with Crippen LogP contribution in [-0.4, -0.2) is 35.2 Å². The fourth-order valence-electron chi connectivity index (χ4n) is 2.12. The van der Waals surface area contributed by atoms with Gasteiger partial charge in [-0.2, -0.15) is 8.78 Å². The Morgan fingerprint density at radius 2 is 1.78 bits per heavy atom. The van der Waals surface area contributed by atoms with Gasteiger partial charge in [0.1, 0.15) is 6.61 Å². The van der Waals surface area contributed by atoms with E-state index in [1.807, 2.05) is 0 Å². The molecule has 27 heavy (non-hydrogen) atoms. The molecule has 2 aromatic carbocycles. The van der Waals surface area contributed by atoms with E-state index in [0.29, 0.717) is 5.56 Å². The zero-order valence-electron chi connectivity index (χ0n) is 14.4. The molecular weight excluding hydrogens is 384 g/mol. The van der Waals surface area contributed by atoms with E-state index in [1.54, 1.807) is 0 Å². The molecule has 0 saturated heterocycles. The lowest BCUT2D eigenvalue weighted by atomic mass is 10.2. The van der Waals surface area contributed by atoms with Crippen LogP contribution in [0.3, 0.4) is 0 Å². The molecule has 0 spiro atoms. The summed E-state index contributed by atoms with van der Waals surface area (Å²) in [6.45, 7) is -3.13. The first-order valence-electron chi connectivity index (χ1n) is 7.59. The molecule has 146 valence electrons. The minimum Gasteiger partial charge on any atom is -0.493 e. The Bertz CT molecular complexity index is 900. The zero-order valence-corrected chi connectivity index (χ0v) is 15.3. The number of rotatable bonds is 8. The molecule has 0 aromatic heterocycles. The van der Waals surface area contributed by atoms with Crippen molar-refractivity contribution >= 4 is 16.0 Å². The minimum atomic E-state index is -3.60. The summed E-state index contributed by atoms with van der Waals surface area (Å²) in [7, 11) is -1.02. The average molecular weight is 401 g/mol. The Morgan fingerprint density at radius 1 is 1.11 bits per heavy atom. The monoisotopic (exact) mass is 401 g/mol. The van der Waals surface area contributed by atoms with Gasteiger partial charge in [0.15, 0.2) is 11.5 Å². The highest BCUT2D eigenvalue weighted by molar-refractivity contribution is 7.89. The molecule has 0 aliphatic carbocycles. The first-order chi connectivity index (χ1) is 12.8. The largest absolute Gasteiger partial charge is 0.493 e. The van der Waals surface area contributed by atoms with E-state index in [0.717, 1.165) is 0 Å². The second-order valence-corrected chi connectivity index (χ2v) is 7.06. The molecule has 0 bridgehead atoms. The predicted molar refractivity (Wildman–Crippen MR) is 91.4 cm³/mol. The van der Waals surface area contributed by atoms with Crippen LogP contribution < -0.4 is 14.2 Å². The highest BCUT2D eigenvalue weighted by Crippen LogP contribution is 2.29. The van der Waals surface area contributed by atoms with Crippen molar-refractivity contribution in [3.05, 3.63) is 53.6 Å². The normalized spacial score (nSPS) is 11.3. The van der Waals surface area contributed by atoms with Crippen molar-refractivity contribution in [2.45, 2.75) is 18.1 Å². The maximum atomic E-state index is 12.3. The van der Waals surface area contributed by atoms with E-state index in [4.69, 9.17) is 9.47 Å². The number of methoxy groups -OCH3 is 1. The first kappa shape index (κ1) is 20.6. The Kier molecular flexibility index (Phi) is 6.70. The van der Waals surface area contributed by atoms with Gasteiger partial charge in [-0.05, 0) is 49.0 Å². The SMILES string of the molecule is CNS(=O)(=O)c1ccc(C(=O)OCc2ccc(OC(F)F)c(OC)c2)cc1. The molecule has 2 aromatic rings. The van der Waals surface area contributed by atoms with Gasteiger partial charge in [-0.15, -0.1) is 0 Å². The molecule has 0 aliphatic heterocycles. The third-order valence-electron chi connectivity index (χ3n) is 3.48. The van der Waals surface area contributed by atoms with Gasteiger partial charge in [0, 0.05) is 0 Å². The van der Waals surface area contributed by atoms with Crippen LogP contribution in [0.15, 0.2) is 47.4 Å². The van der Waals surface area contributed by atoms with Gasteiger partial charge in [0.05, 0.1) is 17.6 Å². The van der Waals surface area contributed by atoms with Crippen molar-refractivity contribution in [2.24, 2.45) is 0 Å². The number of ether oxygens (including phenoxy) is 3. The van der Waals surface area contributed by atoms with Gasteiger partial charge in [0.2, 0.25) is 10.0 Å². The molecule has 0 fully saturated rings. The highest BCUT2D eigenvalue weighted by Gasteiger charge is 2.15. The lowest BCUT2D eigenvalue weighted by Crippen LogP contribution is -2.18. The molecule has 0 aliphatic rings. The van der Waals surface area contributed by atoms with E-state index in [9.17, 15) is 22.0 Å². The second-order valence-electron chi connectivity index (χ2n) is 5.17. The predicted octanol–water partition coefficient (Wildman–Crippen LogP) is 2.56. The molecule has 10 heteroatoms. The lowest BCUT2D eigenvalue weighted by molar-refractivity contribution is -0.0512. The van der Waals surface area contributed by atoms with Gasteiger partial charge in [-0.25, -0.2) is 17.9 Å². The highest BCUT2D eigenvalue weighted by atomic mass is 32.2. The number of hydrogen-bond acceptors (Lipinski definition) is 6. The van der Waals surface area contributed by atoms with Crippen molar-refractivity contribution in [2.75, 3.05) is 14.2 Å². The van der Waals surface area contributed by atoms with Crippen molar-refractivity contribution in [3.63, 3.8) is 0 Å². The smallest absolute Gasteiger partial charge is 0.387 e. The van der Waals surface area contributed by atoms with Gasteiger partial charge in [-0.1, -0.05) is 6.07 Å². The van der Waals surface area contributed by atoms with Crippen LogP contribution in [0.25, 0.3) is 0 Å². The second kappa shape index (κ2) is 8.78. The molecule has 7 nitrogen and oxygen atoms in total. The van der Waals surface area contributed by atoms with Gasteiger partial charge < -0.3 is 14.2 Å². The van der Waals surface area contributed by atoms with Crippen LogP contribution in [-0.2, 0) is 21.4 Å². The number of benzene rings is 2. The topological polar surface area (TPSA) is 90.9 Å². The van der Waals surface area contributed by atoms with Gasteiger partial charge >= 0.3 is 12.6 Å². The summed E-state index contributed by atoms with van der Waals surface area (Å²) in [6, 6.07) is 9.36. The summed E-state index contributed by atoms with van der Waals surface area (Å²) in [5.74, 6) is -0.732. The Labute approximate surface area is 154 Å². The van der Waals surface area contributed by atoms with Crippen molar-refractivity contribution in [1.29, 1.82) is 0 Å². The maximum absolute atomic E-state index is 12.3. The summed E-state index contributed by atoms with van der Waals surface area (Å²) in [4.78, 5) is 12.1. The molecule has 0 amide bonds. The maximum Gasteiger partial charge on any atom is 0.387 e. The lowest BCUT2D eigenvalue weighted by Gasteiger charge is -2.12. The number of carbonyl (C=O) groups is 1. The van der Waals surface area contributed by atoms with E-state index in [-0.39, 0.29) is 28.6 Å².